The number of halogens is 2. The lowest BCUT2D eigenvalue weighted by molar-refractivity contribution is 0.0206. The topological polar surface area (TPSA) is 41.6 Å². The van der Waals surface area contributed by atoms with Crippen molar-refractivity contribution in [1.82, 2.24) is 4.90 Å². The van der Waals surface area contributed by atoms with Crippen LogP contribution < -0.4 is 5.32 Å². The molecule has 0 bridgehead atoms. The third-order valence-electron chi connectivity index (χ3n) is 3.36. The molecule has 1 unspecified atom stereocenters. The van der Waals surface area contributed by atoms with Gasteiger partial charge in [0.05, 0.1) is 5.69 Å². The van der Waals surface area contributed by atoms with Gasteiger partial charge in [-0.25, -0.2) is 9.18 Å². The second-order valence-corrected chi connectivity index (χ2v) is 7.45. The molecule has 1 aromatic rings. The van der Waals surface area contributed by atoms with Gasteiger partial charge in [0.25, 0.3) is 0 Å². The van der Waals surface area contributed by atoms with Gasteiger partial charge in [-0.1, -0.05) is 15.9 Å². The SMILES string of the molecule is CC(C)(C)OC(=O)N1CCCC(Nc2ccc(Br)cc2F)C1. The zero-order valence-corrected chi connectivity index (χ0v) is 14.7. The summed E-state index contributed by atoms with van der Waals surface area (Å²) in [5.74, 6) is -0.302. The number of likely N-dealkylation sites (tertiary alicyclic amines) is 1. The monoisotopic (exact) mass is 372 g/mol. The molecule has 22 heavy (non-hydrogen) atoms. The minimum Gasteiger partial charge on any atom is -0.444 e. The molecule has 0 aromatic heterocycles. The molecular formula is C16H22BrFN2O2. The van der Waals surface area contributed by atoms with Gasteiger partial charge in [0.1, 0.15) is 11.4 Å². The maximum atomic E-state index is 13.9. The van der Waals surface area contributed by atoms with Crippen LogP contribution in [0.3, 0.4) is 0 Å². The van der Waals surface area contributed by atoms with Crippen molar-refractivity contribution in [2.45, 2.75) is 45.3 Å². The summed E-state index contributed by atoms with van der Waals surface area (Å²) >= 11 is 3.24. The van der Waals surface area contributed by atoms with Gasteiger partial charge in [0, 0.05) is 23.6 Å². The normalized spacial score (nSPS) is 19.0. The highest BCUT2D eigenvalue weighted by atomic mass is 79.9. The zero-order valence-electron chi connectivity index (χ0n) is 13.2. The zero-order chi connectivity index (χ0) is 16.3. The molecule has 0 spiro atoms. The lowest BCUT2D eigenvalue weighted by Gasteiger charge is -2.34. The Balaban J connectivity index is 1.97. The lowest BCUT2D eigenvalue weighted by Crippen LogP contribution is -2.47. The first-order valence-corrected chi connectivity index (χ1v) is 8.23. The molecule has 0 saturated carbocycles. The Morgan fingerprint density at radius 2 is 2.18 bits per heavy atom. The molecule has 1 aliphatic heterocycles. The number of amides is 1. The Morgan fingerprint density at radius 3 is 2.82 bits per heavy atom. The molecule has 0 radical (unpaired) electrons. The summed E-state index contributed by atoms with van der Waals surface area (Å²) in [7, 11) is 0. The first-order valence-electron chi connectivity index (χ1n) is 7.44. The highest BCUT2D eigenvalue weighted by Crippen LogP contribution is 2.23. The van der Waals surface area contributed by atoms with Crippen molar-refractivity contribution in [3.63, 3.8) is 0 Å². The van der Waals surface area contributed by atoms with Crippen molar-refractivity contribution < 1.29 is 13.9 Å². The number of anilines is 1. The van der Waals surface area contributed by atoms with Gasteiger partial charge in [-0.3, -0.25) is 0 Å². The molecule has 4 nitrogen and oxygen atoms in total. The van der Waals surface area contributed by atoms with Gasteiger partial charge < -0.3 is 15.0 Å². The quantitative estimate of drug-likeness (QED) is 0.836. The van der Waals surface area contributed by atoms with Crippen LogP contribution in [-0.2, 0) is 4.74 Å². The number of hydrogen-bond acceptors (Lipinski definition) is 3. The van der Waals surface area contributed by atoms with Crippen molar-refractivity contribution in [3.8, 4) is 0 Å². The van der Waals surface area contributed by atoms with Crippen LogP contribution >= 0.6 is 15.9 Å². The van der Waals surface area contributed by atoms with Crippen LogP contribution in [0.5, 0.6) is 0 Å². The summed E-state index contributed by atoms with van der Waals surface area (Å²) in [4.78, 5) is 13.8. The van der Waals surface area contributed by atoms with Crippen molar-refractivity contribution in [3.05, 3.63) is 28.5 Å². The third kappa shape index (κ3) is 4.87. The molecule has 1 heterocycles. The van der Waals surface area contributed by atoms with E-state index in [1.807, 2.05) is 20.8 Å². The summed E-state index contributed by atoms with van der Waals surface area (Å²) < 4.78 is 20.0. The standard InChI is InChI=1S/C16H22BrFN2O2/c1-16(2,3)22-15(21)20-8-4-5-12(10-20)19-14-7-6-11(17)9-13(14)18/h6-7,9,12,19H,4-5,8,10H2,1-3H3. The molecule has 6 heteroatoms. The molecule has 1 atom stereocenters. The van der Waals surface area contributed by atoms with Crippen molar-refractivity contribution >= 4 is 27.7 Å². The molecular weight excluding hydrogens is 351 g/mol. The fourth-order valence-corrected chi connectivity index (χ4v) is 2.75. The highest BCUT2D eigenvalue weighted by molar-refractivity contribution is 9.10. The van der Waals surface area contributed by atoms with Crippen LogP contribution in [0.2, 0.25) is 0 Å². The number of carbonyl (C=O) groups is 1. The summed E-state index contributed by atoms with van der Waals surface area (Å²) in [5, 5.41) is 3.18. The molecule has 1 amide bonds. The highest BCUT2D eigenvalue weighted by Gasteiger charge is 2.27. The van der Waals surface area contributed by atoms with Gasteiger partial charge >= 0.3 is 6.09 Å². The van der Waals surface area contributed by atoms with E-state index in [0.29, 0.717) is 23.2 Å². The van der Waals surface area contributed by atoms with Crippen LogP contribution in [0, 0.1) is 5.82 Å². The molecule has 1 aliphatic rings. The molecule has 2 rings (SSSR count). The molecule has 1 N–H and O–H groups in total. The average Bonchev–Trinajstić information content (AvgIpc) is 2.40. The first-order chi connectivity index (χ1) is 10.2. The fraction of sp³-hybridized carbons (Fsp3) is 0.562. The Kier molecular flexibility index (Phi) is 5.32. The van der Waals surface area contributed by atoms with E-state index in [2.05, 4.69) is 21.2 Å². The number of benzene rings is 1. The number of nitrogens with one attached hydrogen (secondary N) is 1. The van der Waals surface area contributed by atoms with Crippen molar-refractivity contribution in [1.29, 1.82) is 0 Å². The Bertz CT molecular complexity index is 545. The number of hydrogen-bond donors (Lipinski definition) is 1. The predicted octanol–water partition coefficient (Wildman–Crippen LogP) is 4.40. The van der Waals surface area contributed by atoms with Crippen LogP contribution in [0.4, 0.5) is 14.9 Å². The van der Waals surface area contributed by atoms with E-state index in [0.717, 1.165) is 12.8 Å². The Morgan fingerprint density at radius 1 is 1.45 bits per heavy atom. The number of piperidine rings is 1. The van der Waals surface area contributed by atoms with Gasteiger partial charge in [-0.05, 0) is 51.8 Å². The summed E-state index contributed by atoms with van der Waals surface area (Å²) in [5.41, 5.74) is -0.0471. The number of nitrogens with zero attached hydrogens (tertiary/aromatic N) is 1. The van der Waals surface area contributed by atoms with Crippen LogP contribution in [-0.4, -0.2) is 35.7 Å². The predicted molar refractivity (Wildman–Crippen MR) is 88.6 cm³/mol. The van der Waals surface area contributed by atoms with E-state index in [1.54, 1.807) is 17.0 Å². The molecule has 1 fully saturated rings. The van der Waals surface area contributed by atoms with E-state index in [9.17, 15) is 9.18 Å². The van der Waals surface area contributed by atoms with Crippen LogP contribution in [0.25, 0.3) is 0 Å². The third-order valence-corrected chi connectivity index (χ3v) is 3.86. The van der Waals surface area contributed by atoms with E-state index in [1.165, 1.54) is 6.07 Å². The minimum absolute atomic E-state index is 0.0249. The van der Waals surface area contributed by atoms with Crippen LogP contribution in [0.15, 0.2) is 22.7 Å². The van der Waals surface area contributed by atoms with E-state index in [4.69, 9.17) is 4.74 Å². The van der Waals surface area contributed by atoms with Gasteiger partial charge in [0.15, 0.2) is 0 Å². The second-order valence-electron chi connectivity index (χ2n) is 6.53. The summed E-state index contributed by atoms with van der Waals surface area (Å²) in [6.45, 7) is 6.74. The van der Waals surface area contributed by atoms with Crippen molar-refractivity contribution in [2.24, 2.45) is 0 Å². The van der Waals surface area contributed by atoms with Gasteiger partial charge in [-0.2, -0.15) is 0 Å². The van der Waals surface area contributed by atoms with Gasteiger partial charge in [-0.15, -0.1) is 0 Å². The van der Waals surface area contributed by atoms with Crippen LogP contribution in [0.1, 0.15) is 33.6 Å². The second kappa shape index (κ2) is 6.86. The Hall–Kier alpha value is -1.30. The van der Waals surface area contributed by atoms with E-state index in [-0.39, 0.29) is 18.0 Å². The Labute approximate surface area is 139 Å². The number of rotatable bonds is 2. The summed E-state index contributed by atoms with van der Waals surface area (Å²) in [6, 6.07) is 4.94. The van der Waals surface area contributed by atoms with Gasteiger partial charge in [0.2, 0.25) is 0 Å². The lowest BCUT2D eigenvalue weighted by atomic mass is 10.1. The van der Waals surface area contributed by atoms with E-state index < -0.39 is 5.60 Å². The molecule has 1 aromatic carbocycles. The smallest absolute Gasteiger partial charge is 0.410 e. The number of carbonyl (C=O) groups excluding carboxylic acids is 1. The first kappa shape index (κ1) is 17.1. The maximum Gasteiger partial charge on any atom is 0.410 e. The molecule has 0 aliphatic carbocycles. The molecule has 1 saturated heterocycles. The fourth-order valence-electron chi connectivity index (χ4n) is 2.41. The maximum absolute atomic E-state index is 13.9. The van der Waals surface area contributed by atoms with Crippen molar-refractivity contribution in [2.75, 3.05) is 18.4 Å². The number of ether oxygens (including phenoxy) is 1. The minimum atomic E-state index is -0.505. The largest absolute Gasteiger partial charge is 0.444 e. The average molecular weight is 373 g/mol. The van der Waals surface area contributed by atoms with E-state index >= 15 is 0 Å². The summed E-state index contributed by atoms with van der Waals surface area (Å²) in [6.07, 6.45) is 1.46. The molecule has 122 valence electrons.